The second-order valence-electron chi connectivity index (χ2n) is 5.04. The number of benzene rings is 2. The fourth-order valence-corrected chi connectivity index (χ4v) is 2.91. The van der Waals surface area contributed by atoms with Gasteiger partial charge in [-0.2, -0.15) is 0 Å². The van der Waals surface area contributed by atoms with Gasteiger partial charge in [0.1, 0.15) is 5.75 Å². The Morgan fingerprint density at radius 3 is 2.58 bits per heavy atom. The molecular weight excluding hydrogens is 390 g/mol. The van der Waals surface area contributed by atoms with Gasteiger partial charge >= 0.3 is 0 Å². The van der Waals surface area contributed by atoms with E-state index in [4.69, 9.17) is 4.74 Å². The van der Waals surface area contributed by atoms with Crippen LogP contribution >= 0.6 is 27.7 Å². The molecular formula is C18H18BrNO3S. The van der Waals surface area contributed by atoms with E-state index in [1.165, 1.54) is 18.7 Å². The maximum absolute atomic E-state index is 11.9. The molecule has 0 aliphatic carbocycles. The zero-order valence-electron chi connectivity index (χ0n) is 13.3. The Morgan fingerprint density at radius 1 is 1.17 bits per heavy atom. The number of ether oxygens (including phenoxy) is 1. The summed E-state index contributed by atoms with van der Waals surface area (Å²) >= 11 is 4.90. The fourth-order valence-electron chi connectivity index (χ4n) is 1.93. The number of nitrogens with one attached hydrogen (secondary N) is 1. The highest BCUT2D eigenvalue weighted by Gasteiger charge is 2.04. The van der Waals surface area contributed by atoms with Gasteiger partial charge in [0, 0.05) is 21.5 Å². The molecule has 126 valence electrons. The number of thioether (sulfide) groups is 1. The number of Topliss-reactive ketones (excluding diaryl/α,β-unsaturated/α-hetero) is 1. The lowest BCUT2D eigenvalue weighted by Gasteiger charge is -2.07. The maximum Gasteiger partial charge on any atom is 0.234 e. The van der Waals surface area contributed by atoms with Crippen molar-refractivity contribution in [2.24, 2.45) is 0 Å². The molecule has 2 aromatic rings. The Bertz CT molecular complexity index is 704. The molecule has 0 saturated carbocycles. The van der Waals surface area contributed by atoms with Gasteiger partial charge in [-0.15, -0.1) is 11.8 Å². The van der Waals surface area contributed by atoms with Crippen LogP contribution in [0.2, 0.25) is 0 Å². The molecule has 0 fully saturated rings. The van der Waals surface area contributed by atoms with Crippen LogP contribution < -0.4 is 10.1 Å². The van der Waals surface area contributed by atoms with E-state index in [2.05, 4.69) is 21.2 Å². The molecule has 0 heterocycles. The Hall–Kier alpha value is -1.79. The lowest BCUT2D eigenvalue weighted by molar-refractivity contribution is -0.113. The summed E-state index contributed by atoms with van der Waals surface area (Å²) in [7, 11) is 0. The van der Waals surface area contributed by atoms with Crippen LogP contribution in [0.3, 0.4) is 0 Å². The monoisotopic (exact) mass is 407 g/mol. The van der Waals surface area contributed by atoms with Crippen molar-refractivity contribution in [2.75, 3.05) is 23.4 Å². The van der Waals surface area contributed by atoms with Gasteiger partial charge in [0.2, 0.25) is 5.91 Å². The fraction of sp³-hybridized carbons (Fsp3) is 0.222. The van der Waals surface area contributed by atoms with Crippen molar-refractivity contribution in [1.82, 2.24) is 0 Å². The Kier molecular flexibility index (Phi) is 7.34. The predicted octanol–water partition coefficient (Wildman–Crippen LogP) is 4.40. The minimum absolute atomic E-state index is 0.00822. The van der Waals surface area contributed by atoms with E-state index in [1.807, 2.05) is 24.3 Å². The molecule has 0 bridgehead atoms. The molecule has 4 nitrogen and oxygen atoms in total. The second kappa shape index (κ2) is 9.49. The largest absolute Gasteiger partial charge is 0.493 e. The third kappa shape index (κ3) is 6.37. The normalized spacial score (nSPS) is 10.2. The molecule has 0 aliphatic heterocycles. The van der Waals surface area contributed by atoms with Gasteiger partial charge in [-0.05, 0) is 49.4 Å². The van der Waals surface area contributed by atoms with Crippen molar-refractivity contribution in [3.63, 3.8) is 0 Å². The standard InChI is InChI=1S/C18H18BrNO3S/c1-13(21)14-5-7-16(8-6-14)20-18(22)12-24-10-9-23-17-4-2-3-15(19)11-17/h2-8,11H,9-10,12H2,1H3,(H,20,22). The summed E-state index contributed by atoms with van der Waals surface area (Å²) < 4.78 is 6.58. The summed E-state index contributed by atoms with van der Waals surface area (Å²) in [5, 5.41) is 2.81. The number of amides is 1. The van der Waals surface area contributed by atoms with Crippen LogP contribution in [0, 0.1) is 0 Å². The van der Waals surface area contributed by atoms with Crippen molar-refractivity contribution in [2.45, 2.75) is 6.92 Å². The number of anilines is 1. The van der Waals surface area contributed by atoms with Crippen molar-refractivity contribution < 1.29 is 14.3 Å². The average molecular weight is 408 g/mol. The second-order valence-corrected chi connectivity index (χ2v) is 7.06. The van der Waals surface area contributed by atoms with Gasteiger partial charge in [-0.25, -0.2) is 0 Å². The first-order valence-electron chi connectivity index (χ1n) is 7.41. The molecule has 2 aromatic carbocycles. The summed E-state index contributed by atoms with van der Waals surface area (Å²) in [5.41, 5.74) is 1.32. The molecule has 2 rings (SSSR count). The van der Waals surface area contributed by atoms with E-state index in [9.17, 15) is 9.59 Å². The molecule has 0 unspecified atom stereocenters. The summed E-state index contributed by atoms with van der Waals surface area (Å²) in [6.07, 6.45) is 0. The van der Waals surface area contributed by atoms with Crippen molar-refractivity contribution in [3.8, 4) is 5.75 Å². The van der Waals surface area contributed by atoms with Gasteiger partial charge < -0.3 is 10.1 Å². The van der Waals surface area contributed by atoms with Crippen molar-refractivity contribution >= 4 is 45.1 Å². The smallest absolute Gasteiger partial charge is 0.234 e. The molecule has 1 amide bonds. The molecule has 1 N–H and O–H groups in total. The number of carbonyl (C=O) groups is 2. The van der Waals surface area contributed by atoms with Gasteiger partial charge in [-0.1, -0.05) is 22.0 Å². The summed E-state index contributed by atoms with van der Waals surface area (Å²) in [5.74, 6) is 1.83. The van der Waals surface area contributed by atoms with E-state index < -0.39 is 0 Å². The molecule has 0 aliphatic rings. The number of carbonyl (C=O) groups excluding carboxylic acids is 2. The average Bonchev–Trinajstić information content (AvgIpc) is 2.55. The minimum Gasteiger partial charge on any atom is -0.493 e. The quantitative estimate of drug-likeness (QED) is 0.520. The topological polar surface area (TPSA) is 55.4 Å². The highest BCUT2D eigenvalue weighted by atomic mass is 79.9. The Balaban J connectivity index is 1.65. The van der Waals surface area contributed by atoms with Crippen LogP contribution in [-0.2, 0) is 4.79 Å². The Morgan fingerprint density at radius 2 is 1.92 bits per heavy atom. The SMILES string of the molecule is CC(=O)c1ccc(NC(=O)CSCCOc2cccc(Br)c2)cc1. The van der Waals surface area contributed by atoms with E-state index in [-0.39, 0.29) is 11.7 Å². The summed E-state index contributed by atoms with van der Waals surface area (Å²) in [6, 6.07) is 14.5. The molecule has 0 radical (unpaired) electrons. The third-order valence-corrected chi connectivity index (χ3v) is 4.52. The van der Waals surface area contributed by atoms with E-state index in [0.717, 1.165) is 16.0 Å². The van der Waals surface area contributed by atoms with E-state index in [1.54, 1.807) is 24.3 Å². The van der Waals surface area contributed by atoms with Crippen LogP contribution in [-0.4, -0.2) is 29.8 Å². The molecule has 0 spiro atoms. The van der Waals surface area contributed by atoms with Gasteiger partial charge in [0.15, 0.2) is 5.78 Å². The van der Waals surface area contributed by atoms with Crippen LogP contribution in [0.25, 0.3) is 0 Å². The van der Waals surface area contributed by atoms with Gasteiger partial charge in [-0.3, -0.25) is 9.59 Å². The summed E-state index contributed by atoms with van der Waals surface area (Å²) in [6.45, 7) is 2.06. The van der Waals surface area contributed by atoms with Crippen molar-refractivity contribution in [3.05, 3.63) is 58.6 Å². The predicted molar refractivity (Wildman–Crippen MR) is 102 cm³/mol. The van der Waals surface area contributed by atoms with Gasteiger partial charge in [0.25, 0.3) is 0 Å². The first-order valence-corrected chi connectivity index (χ1v) is 9.36. The molecule has 0 saturated heterocycles. The number of ketones is 1. The van der Waals surface area contributed by atoms with Crippen LogP contribution in [0.4, 0.5) is 5.69 Å². The van der Waals surface area contributed by atoms with Crippen LogP contribution in [0.15, 0.2) is 53.0 Å². The van der Waals surface area contributed by atoms with Crippen LogP contribution in [0.5, 0.6) is 5.75 Å². The zero-order valence-corrected chi connectivity index (χ0v) is 15.7. The number of halogens is 1. The number of rotatable bonds is 8. The van der Waals surface area contributed by atoms with Gasteiger partial charge in [0.05, 0.1) is 12.4 Å². The third-order valence-electron chi connectivity index (χ3n) is 3.10. The van der Waals surface area contributed by atoms with E-state index in [0.29, 0.717) is 23.6 Å². The lowest BCUT2D eigenvalue weighted by Crippen LogP contribution is -2.15. The first kappa shape index (κ1) is 18.5. The highest BCUT2D eigenvalue weighted by molar-refractivity contribution is 9.10. The maximum atomic E-state index is 11.9. The number of hydrogen-bond donors (Lipinski definition) is 1. The lowest BCUT2D eigenvalue weighted by atomic mass is 10.1. The van der Waals surface area contributed by atoms with E-state index >= 15 is 0 Å². The minimum atomic E-state index is -0.0713. The Labute approximate surface area is 154 Å². The molecule has 0 aromatic heterocycles. The molecule has 24 heavy (non-hydrogen) atoms. The van der Waals surface area contributed by atoms with Crippen molar-refractivity contribution in [1.29, 1.82) is 0 Å². The summed E-state index contributed by atoms with van der Waals surface area (Å²) in [4.78, 5) is 23.1. The molecule has 6 heteroatoms. The molecule has 0 atom stereocenters. The highest BCUT2D eigenvalue weighted by Crippen LogP contribution is 2.18. The van der Waals surface area contributed by atoms with Crippen LogP contribution in [0.1, 0.15) is 17.3 Å². The number of hydrogen-bond acceptors (Lipinski definition) is 4. The zero-order chi connectivity index (χ0) is 17.4. The first-order chi connectivity index (χ1) is 11.5.